The van der Waals surface area contributed by atoms with Crippen molar-refractivity contribution in [2.24, 2.45) is 22.2 Å². The topological polar surface area (TPSA) is 42.0 Å². The van der Waals surface area contributed by atoms with Crippen LogP contribution in [0.5, 0.6) is 0 Å². The first kappa shape index (κ1) is 15.2. The van der Waals surface area contributed by atoms with E-state index in [2.05, 4.69) is 31.1 Å². The number of carbonyl (C=O) groups excluding carboxylic acids is 1. The Morgan fingerprint density at radius 1 is 1.13 bits per heavy atom. The van der Waals surface area contributed by atoms with Crippen molar-refractivity contribution in [1.29, 1.82) is 0 Å². The molecule has 1 N–H and O–H groups in total. The summed E-state index contributed by atoms with van der Waals surface area (Å²) in [5.74, 6) is 1.05. The predicted molar refractivity (Wildman–Crippen MR) is 90.6 cm³/mol. The summed E-state index contributed by atoms with van der Waals surface area (Å²) in [6, 6.07) is 4.04. The van der Waals surface area contributed by atoms with Crippen LogP contribution in [0.25, 0.3) is 0 Å². The number of amides is 1. The highest BCUT2D eigenvalue weighted by molar-refractivity contribution is 5.83. The van der Waals surface area contributed by atoms with E-state index in [0.717, 1.165) is 30.7 Å². The lowest BCUT2D eigenvalue weighted by Crippen LogP contribution is -2.60. The third kappa shape index (κ3) is 2.49. The largest absolute Gasteiger partial charge is 0.349 e. The van der Waals surface area contributed by atoms with Crippen molar-refractivity contribution < 1.29 is 4.79 Å². The Morgan fingerprint density at radius 3 is 2.30 bits per heavy atom. The first-order chi connectivity index (χ1) is 10.8. The first-order valence-corrected chi connectivity index (χ1v) is 9.03. The zero-order valence-corrected chi connectivity index (χ0v) is 14.6. The summed E-state index contributed by atoms with van der Waals surface area (Å²) in [6.45, 7) is 6.92. The Hall–Kier alpha value is -1.38. The molecule has 0 unspecified atom stereocenters. The quantitative estimate of drug-likeness (QED) is 0.906. The van der Waals surface area contributed by atoms with Crippen LogP contribution in [0.2, 0.25) is 0 Å². The fraction of sp³-hybridized carbons (Fsp3) is 0.700. The maximum Gasteiger partial charge on any atom is 0.226 e. The molecular weight excluding hydrogens is 284 g/mol. The molecule has 4 saturated carbocycles. The minimum absolute atomic E-state index is 0.0547. The standard InChI is InChI=1S/C20H28N2O/c1-14(16-4-6-21-7-5-16)22-17(23)20-10-15-8-18(2,12-20)11-19(3,9-15)13-20/h4-7,14-15H,8-13H2,1-3H3,(H,22,23)/t14-,15?,18+,19+,20?/m0/s1. The average Bonchev–Trinajstić information content (AvgIpc) is 2.44. The van der Waals surface area contributed by atoms with Gasteiger partial charge in [0.2, 0.25) is 5.91 Å². The molecule has 5 rings (SSSR count). The molecule has 0 spiro atoms. The predicted octanol–water partition coefficient (Wildman–Crippen LogP) is 4.26. The van der Waals surface area contributed by atoms with Crippen molar-refractivity contribution in [1.82, 2.24) is 10.3 Å². The van der Waals surface area contributed by atoms with Crippen molar-refractivity contribution in [3.8, 4) is 0 Å². The van der Waals surface area contributed by atoms with Gasteiger partial charge in [-0.05, 0) is 79.9 Å². The Morgan fingerprint density at radius 2 is 1.74 bits per heavy atom. The van der Waals surface area contributed by atoms with Crippen LogP contribution in [0, 0.1) is 22.2 Å². The van der Waals surface area contributed by atoms with Crippen LogP contribution in [0.3, 0.4) is 0 Å². The molecule has 0 aromatic carbocycles. The van der Waals surface area contributed by atoms with Crippen LogP contribution in [0.1, 0.15) is 70.9 Å². The van der Waals surface area contributed by atoms with Crippen molar-refractivity contribution in [2.45, 2.75) is 65.3 Å². The molecule has 4 aliphatic carbocycles. The average molecular weight is 312 g/mol. The summed E-state index contributed by atoms with van der Waals surface area (Å²) in [6.07, 6.45) is 10.8. The number of hydrogen-bond acceptors (Lipinski definition) is 2. The maximum atomic E-state index is 13.2. The Balaban J connectivity index is 1.56. The lowest BCUT2D eigenvalue weighted by molar-refractivity contribution is -0.170. The SMILES string of the molecule is C[C@H](NC(=O)C12CC3C[C@@](C)(C1)C[C@@](C)(C3)C2)c1ccncc1. The van der Waals surface area contributed by atoms with Crippen LogP contribution in [-0.4, -0.2) is 10.9 Å². The summed E-state index contributed by atoms with van der Waals surface area (Å²) < 4.78 is 0. The number of hydrogen-bond donors (Lipinski definition) is 1. The number of carbonyl (C=O) groups is 1. The molecule has 4 bridgehead atoms. The summed E-state index contributed by atoms with van der Waals surface area (Å²) in [4.78, 5) is 17.3. The van der Waals surface area contributed by atoms with Crippen LogP contribution >= 0.6 is 0 Å². The van der Waals surface area contributed by atoms with Gasteiger partial charge in [-0.2, -0.15) is 0 Å². The molecule has 0 aliphatic heterocycles. The van der Waals surface area contributed by atoms with Gasteiger partial charge in [0, 0.05) is 12.4 Å². The zero-order chi connectivity index (χ0) is 16.3. The van der Waals surface area contributed by atoms with Crippen LogP contribution in [0.4, 0.5) is 0 Å². The molecule has 3 atom stereocenters. The molecule has 1 aromatic heterocycles. The van der Waals surface area contributed by atoms with Crippen molar-refractivity contribution in [3.05, 3.63) is 30.1 Å². The first-order valence-electron chi connectivity index (χ1n) is 9.03. The van der Waals surface area contributed by atoms with Gasteiger partial charge in [0.1, 0.15) is 0 Å². The van der Waals surface area contributed by atoms with Crippen molar-refractivity contribution in [3.63, 3.8) is 0 Å². The van der Waals surface area contributed by atoms with E-state index in [-0.39, 0.29) is 11.5 Å². The van der Waals surface area contributed by atoms with E-state index in [4.69, 9.17) is 0 Å². The minimum Gasteiger partial charge on any atom is -0.349 e. The molecule has 1 amide bonds. The van der Waals surface area contributed by atoms with E-state index < -0.39 is 0 Å². The third-order valence-electron chi connectivity index (χ3n) is 6.66. The van der Waals surface area contributed by atoms with Crippen LogP contribution < -0.4 is 5.32 Å². The van der Waals surface area contributed by atoms with E-state index >= 15 is 0 Å². The van der Waals surface area contributed by atoms with Gasteiger partial charge in [0.15, 0.2) is 0 Å². The Bertz CT molecular complexity index is 608. The minimum atomic E-state index is -0.121. The molecule has 23 heavy (non-hydrogen) atoms. The molecule has 0 saturated heterocycles. The molecule has 1 heterocycles. The molecule has 3 heteroatoms. The lowest BCUT2D eigenvalue weighted by Gasteiger charge is -2.64. The highest BCUT2D eigenvalue weighted by Gasteiger charge is 2.62. The van der Waals surface area contributed by atoms with Gasteiger partial charge in [0.05, 0.1) is 11.5 Å². The fourth-order valence-corrected chi connectivity index (χ4v) is 6.79. The molecule has 1 aromatic rings. The van der Waals surface area contributed by atoms with Gasteiger partial charge >= 0.3 is 0 Å². The Labute approximate surface area is 139 Å². The second-order valence-electron chi connectivity index (χ2n) is 9.39. The smallest absolute Gasteiger partial charge is 0.226 e. The number of rotatable bonds is 3. The van der Waals surface area contributed by atoms with E-state index in [1.807, 2.05) is 12.1 Å². The third-order valence-corrected chi connectivity index (χ3v) is 6.66. The molecular formula is C20H28N2O. The summed E-state index contributed by atoms with van der Waals surface area (Å²) in [7, 11) is 0. The summed E-state index contributed by atoms with van der Waals surface area (Å²) in [5, 5.41) is 3.32. The Kier molecular flexibility index (Phi) is 3.17. The normalized spacial score (nSPS) is 42.5. The highest BCUT2D eigenvalue weighted by atomic mass is 16.2. The summed E-state index contributed by atoms with van der Waals surface area (Å²) >= 11 is 0. The maximum absolute atomic E-state index is 13.2. The van der Waals surface area contributed by atoms with Crippen LogP contribution in [-0.2, 0) is 4.79 Å². The van der Waals surface area contributed by atoms with Gasteiger partial charge in [0.25, 0.3) is 0 Å². The van der Waals surface area contributed by atoms with Gasteiger partial charge in [-0.1, -0.05) is 13.8 Å². The highest BCUT2D eigenvalue weighted by Crippen LogP contribution is 2.69. The fourth-order valence-electron chi connectivity index (χ4n) is 6.79. The van der Waals surface area contributed by atoms with E-state index in [1.165, 1.54) is 19.3 Å². The summed E-state index contributed by atoms with van der Waals surface area (Å²) in [5.41, 5.74) is 1.77. The number of nitrogens with one attached hydrogen (secondary N) is 1. The van der Waals surface area contributed by atoms with Gasteiger partial charge in [-0.25, -0.2) is 0 Å². The molecule has 124 valence electrons. The van der Waals surface area contributed by atoms with Crippen molar-refractivity contribution >= 4 is 5.91 Å². The van der Waals surface area contributed by atoms with Gasteiger partial charge < -0.3 is 5.32 Å². The second kappa shape index (κ2) is 4.81. The van der Waals surface area contributed by atoms with Crippen LogP contribution in [0.15, 0.2) is 24.5 Å². The number of aromatic nitrogens is 1. The number of nitrogens with zero attached hydrogens (tertiary/aromatic N) is 1. The van der Waals surface area contributed by atoms with E-state index in [1.54, 1.807) is 12.4 Å². The van der Waals surface area contributed by atoms with Gasteiger partial charge in [-0.3, -0.25) is 9.78 Å². The molecule has 0 radical (unpaired) electrons. The monoisotopic (exact) mass is 312 g/mol. The van der Waals surface area contributed by atoms with Gasteiger partial charge in [-0.15, -0.1) is 0 Å². The molecule has 4 aliphatic rings. The van der Waals surface area contributed by atoms with E-state index in [9.17, 15) is 4.79 Å². The molecule has 4 fully saturated rings. The molecule has 3 nitrogen and oxygen atoms in total. The number of pyridine rings is 1. The van der Waals surface area contributed by atoms with Crippen molar-refractivity contribution in [2.75, 3.05) is 0 Å². The lowest BCUT2D eigenvalue weighted by atomic mass is 9.40. The van der Waals surface area contributed by atoms with E-state index in [0.29, 0.717) is 16.7 Å². The second-order valence-corrected chi connectivity index (χ2v) is 9.39. The zero-order valence-electron chi connectivity index (χ0n) is 14.6.